The third-order valence-corrected chi connectivity index (χ3v) is 2.84. The van der Waals surface area contributed by atoms with Gasteiger partial charge >= 0.3 is 0 Å². The Morgan fingerprint density at radius 1 is 1.54 bits per heavy atom. The molecule has 0 bridgehead atoms. The highest BCUT2D eigenvalue weighted by molar-refractivity contribution is 5.61. The number of aryl methyl sites for hydroxylation is 1. The normalized spacial score (nSPS) is 25.5. The predicted octanol–water partition coefficient (Wildman–Crippen LogP) is 1.67. The number of nitrogens with one attached hydrogen (secondary N) is 1. The van der Waals surface area contributed by atoms with E-state index in [1.165, 1.54) is 16.8 Å². The van der Waals surface area contributed by atoms with Crippen LogP contribution >= 0.6 is 0 Å². The zero-order valence-corrected chi connectivity index (χ0v) is 8.09. The summed E-state index contributed by atoms with van der Waals surface area (Å²) in [6.07, 6.45) is 0. The van der Waals surface area contributed by atoms with Crippen molar-refractivity contribution < 1.29 is 5.11 Å². The third kappa shape index (κ3) is 1.22. The van der Waals surface area contributed by atoms with Crippen LogP contribution in [-0.2, 0) is 5.41 Å². The number of hydrogen-bond acceptors (Lipinski definition) is 2. The van der Waals surface area contributed by atoms with Crippen LogP contribution in [0.4, 0.5) is 5.69 Å². The van der Waals surface area contributed by atoms with E-state index >= 15 is 0 Å². The lowest BCUT2D eigenvalue weighted by Crippen LogP contribution is -2.28. The summed E-state index contributed by atoms with van der Waals surface area (Å²) in [4.78, 5) is 0. The summed E-state index contributed by atoms with van der Waals surface area (Å²) >= 11 is 0. The van der Waals surface area contributed by atoms with Crippen LogP contribution in [-0.4, -0.2) is 18.3 Å². The monoisotopic (exact) mass is 177 g/mol. The zero-order valence-electron chi connectivity index (χ0n) is 8.09. The van der Waals surface area contributed by atoms with Crippen molar-refractivity contribution in [2.45, 2.75) is 19.3 Å². The van der Waals surface area contributed by atoms with E-state index in [1.807, 2.05) is 0 Å². The molecular weight excluding hydrogens is 162 g/mol. The van der Waals surface area contributed by atoms with Crippen molar-refractivity contribution in [3.8, 4) is 0 Å². The number of hydrogen-bond donors (Lipinski definition) is 2. The molecule has 1 aromatic rings. The van der Waals surface area contributed by atoms with E-state index in [0.29, 0.717) is 0 Å². The second-order valence-corrected chi connectivity index (χ2v) is 4.12. The van der Waals surface area contributed by atoms with Crippen LogP contribution in [0.1, 0.15) is 18.1 Å². The predicted molar refractivity (Wildman–Crippen MR) is 54.1 cm³/mol. The molecule has 70 valence electrons. The first kappa shape index (κ1) is 8.57. The lowest BCUT2D eigenvalue weighted by atomic mass is 9.85. The molecular formula is C11H15NO. The fraction of sp³-hybridized carbons (Fsp3) is 0.455. The minimum absolute atomic E-state index is 0.0959. The van der Waals surface area contributed by atoms with Gasteiger partial charge in [-0.1, -0.05) is 24.6 Å². The van der Waals surface area contributed by atoms with Crippen molar-refractivity contribution in [3.05, 3.63) is 29.3 Å². The van der Waals surface area contributed by atoms with Crippen LogP contribution in [0, 0.1) is 6.92 Å². The van der Waals surface area contributed by atoms with Crippen LogP contribution in [0.15, 0.2) is 18.2 Å². The Hall–Kier alpha value is -1.02. The Labute approximate surface area is 78.6 Å². The molecule has 0 aliphatic carbocycles. The highest BCUT2D eigenvalue weighted by atomic mass is 16.3. The summed E-state index contributed by atoms with van der Waals surface area (Å²) < 4.78 is 0. The molecule has 2 nitrogen and oxygen atoms in total. The zero-order chi connectivity index (χ0) is 9.47. The molecule has 0 radical (unpaired) electrons. The summed E-state index contributed by atoms with van der Waals surface area (Å²) in [7, 11) is 0. The molecule has 1 aromatic carbocycles. The average molecular weight is 177 g/mol. The Kier molecular flexibility index (Phi) is 1.81. The second-order valence-electron chi connectivity index (χ2n) is 4.12. The van der Waals surface area contributed by atoms with Gasteiger partial charge in [0.05, 0.1) is 6.61 Å². The van der Waals surface area contributed by atoms with Gasteiger partial charge in [0, 0.05) is 17.6 Å². The average Bonchev–Trinajstić information content (AvgIpc) is 2.45. The first-order chi connectivity index (χ1) is 6.15. The van der Waals surface area contributed by atoms with Crippen molar-refractivity contribution in [1.29, 1.82) is 0 Å². The van der Waals surface area contributed by atoms with E-state index in [-0.39, 0.29) is 12.0 Å². The largest absolute Gasteiger partial charge is 0.395 e. The summed E-state index contributed by atoms with van der Waals surface area (Å²) in [5.41, 5.74) is 3.57. The van der Waals surface area contributed by atoms with Crippen LogP contribution in [0.5, 0.6) is 0 Å². The van der Waals surface area contributed by atoms with Crippen molar-refractivity contribution in [2.24, 2.45) is 0 Å². The molecule has 2 N–H and O–H groups in total. The fourth-order valence-corrected chi connectivity index (χ4v) is 1.84. The molecule has 0 unspecified atom stereocenters. The number of fused-ring (bicyclic) bond motifs is 1. The van der Waals surface area contributed by atoms with E-state index in [0.717, 1.165) is 6.54 Å². The van der Waals surface area contributed by atoms with Gasteiger partial charge in [0.15, 0.2) is 0 Å². The molecule has 1 heterocycles. The van der Waals surface area contributed by atoms with Crippen molar-refractivity contribution in [3.63, 3.8) is 0 Å². The van der Waals surface area contributed by atoms with Crippen molar-refractivity contribution >= 4 is 5.69 Å². The molecule has 0 aromatic heterocycles. The Balaban J connectivity index is 2.52. The molecule has 0 saturated heterocycles. The lowest BCUT2D eigenvalue weighted by Gasteiger charge is -2.20. The molecule has 0 spiro atoms. The van der Waals surface area contributed by atoms with Crippen LogP contribution in [0.3, 0.4) is 0 Å². The van der Waals surface area contributed by atoms with Crippen molar-refractivity contribution in [1.82, 2.24) is 0 Å². The van der Waals surface area contributed by atoms with Gasteiger partial charge in [0.2, 0.25) is 0 Å². The molecule has 2 heteroatoms. The molecule has 13 heavy (non-hydrogen) atoms. The van der Waals surface area contributed by atoms with Gasteiger partial charge in [-0.25, -0.2) is 0 Å². The van der Waals surface area contributed by atoms with Crippen molar-refractivity contribution in [2.75, 3.05) is 18.5 Å². The third-order valence-electron chi connectivity index (χ3n) is 2.84. The number of aliphatic hydroxyl groups is 1. The summed E-state index contributed by atoms with van der Waals surface area (Å²) in [5, 5.41) is 12.6. The van der Waals surface area contributed by atoms with Gasteiger partial charge in [-0.2, -0.15) is 0 Å². The summed E-state index contributed by atoms with van der Waals surface area (Å²) in [5.74, 6) is 0. The first-order valence-corrected chi connectivity index (χ1v) is 4.61. The van der Waals surface area contributed by atoms with Gasteiger partial charge in [0.1, 0.15) is 0 Å². The summed E-state index contributed by atoms with van der Waals surface area (Å²) in [6, 6.07) is 6.34. The molecule has 1 aliphatic rings. The Morgan fingerprint density at radius 2 is 2.31 bits per heavy atom. The van der Waals surface area contributed by atoms with E-state index in [2.05, 4.69) is 37.4 Å². The summed E-state index contributed by atoms with van der Waals surface area (Å²) in [6.45, 7) is 5.21. The number of aliphatic hydroxyl groups excluding tert-OH is 1. The quantitative estimate of drug-likeness (QED) is 0.684. The lowest BCUT2D eigenvalue weighted by molar-refractivity contribution is 0.218. The maximum atomic E-state index is 9.32. The molecule has 1 aliphatic heterocycles. The topological polar surface area (TPSA) is 32.3 Å². The smallest absolute Gasteiger partial charge is 0.0543 e. The minimum Gasteiger partial charge on any atom is -0.395 e. The van der Waals surface area contributed by atoms with Gasteiger partial charge in [-0.3, -0.25) is 0 Å². The minimum atomic E-state index is -0.0959. The van der Waals surface area contributed by atoms with Gasteiger partial charge in [0.25, 0.3) is 0 Å². The van der Waals surface area contributed by atoms with Crippen LogP contribution < -0.4 is 5.32 Å². The SMILES string of the molecule is Cc1ccc2c(c1)[C@@](C)(CO)CN2. The van der Waals surface area contributed by atoms with Crippen LogP contribution in [0.25, 0.3) is 0 Å². The Bertz CT molecular complexity index is 335. The van der Waals surface area contributed by atoms with E-state index in [9.17, 15) is 5.11 Å². The standard InChI is InChI=1S/C11H15NO/c1-8-3-4-10-9(5-8)11(2,7-13)6-12-10/h3-5,12-13H,6-7H2,1-2H3/t11-/m1/s1. The van der Waals surface area contributed by atoms with E-state index in [1.54, 1.807) is 0 Å². The van der Waals surface area contributed by atoms with Gasteiger partial charge in [-0.15, -0.1) is 0 Å². The maximum Gasteiger partial charge on any atom is 0.0543 e. The molecule has 0 amide bonds. The van der Waals surface area contributed by atoms with E-state index < -0.39 is 0 Å². The molecule has 2 rings (SSSR count). The number of anilines is 1. The first-order valence-electron chi connectivity index (χ1n) is 4.61. The Morgan fingerprint density at radius 3 is 3.00 bits per heavy atom. The van der Waals surface area contributed by atoms with E-state index in [4.69, 9.17) is 0 Å². The fourth-order valence-electron chi connectivity index (χ4n) is 1.84. The highest BCUT2D eigenvalue weighted by Crippen LogP contribution is 2.36. The van der Waals surface area contributed by atoms with Gasteiger partial charge < -0.3 is 10.4 Å². The molecule has 0 fully saturated rings. The second kappa shape index (κ2) is 2.74. The number of rotatable bonds is 1. The van der Waals surface area contributed by atoms with Crippen LogP contribution in [0.2, 0.25) is 0 Å². The highest BCUT2D eigenvalue weighted by Gasteiger charge is 2.33. The molecule has 0 saturated carbocycles. The van der Waals surface area contributed by atoms with Gasteiger partial charge in [-0.05, 0) is 18.6 Å². The molecule has 1 atom stereocenters. The number of benzene rings is 1. The maximum absolute atomic E-state index is 9.32.